The number of nitrogens with two attached hydrogens (primary N) is 1. The molecule has 0 aromatic heterocycles. The number of hydrogen-bond acceptors (Lipinski definition) is 3. The number of amides is 1. The van der Waals surface area contributed by atoms with Gasteiger partial charge in [0.1, 0.15) is 5.75 Å². The Kier molecular flexibility index (Phi) is 4.71. The summed E-state index contributed by atoms with van der Waals surface area (Å²) in [4.78, 5) is 10.6. The lowest BCUT2D eigenvalue weighted by atomic mass is 10.2. The van der Waals surface area contributed by atoms with Gasteiger partial charge in [-0.2, -0.15) is 0 Å². The first kappa shape index (κ1) is 14.8. The average molecular weight is 292 g/mol. The van der Waals surface area contributed by atoms with Crippen LogP contribution in [0.15, 0.2) is 42.5 Å². The number of benzene rings is 2. The van der Waals surface area contributed by atoms with Crippen molar-refractivity contribution in [3.05, 3.63) is 59.7 Å². The number of carbonyl (C=O) groups is 1. The topological polar surface area (TPSA) is 64.4 Å². The lowest BCUT2D eigenvalue weighted by Crippen LogP contribution is -2.19. The summed E-state index contributed by atoms with van der Waals surface area (Å²) < 4.78 is 31.6. The molecule has 3 N–H and O–H groups in total. The minimum Gasteiger partial charge on any atom is -0.484 e. The van der Waals surface area contributed by atoms with Gasteiger partial charge < -0.3 is 15.8 Å². The van der Waals surface area contributed by atoms with Gasteiger partial charge in [0.2, 0.25) is 0 Å². The Morgan fingerprint density at radius 3 is 2.52 bits per heavy atom. The lowest BCUT2D eigenvalue weighted by Gasteiger charge is -2.09. The van der Waals surface area contributed by atoms with E-state index in [9.17, 15) is 13.6 Å². The molecule has 0 spiro atoms. The molecule has 0 radical (unpaired) electrons. The molecule has 0 fully saturated rings. The van der Waals surface area contributed by atoms with Crippen LogP contribution in [0, 0.1) is 11.6 Å². The summed E-state index contributed by atoms with van der Waals surface area (Å²) in [5.41, 5.74) is 5.92. The maximum Gasteiger partial charge on any atom is 0.255 e. The molecule has 2 aromatic rings. The van der Waals surface area contributed by atoms with E-state index in [1.165, 1.54) is 12.1 Å². The second-order valence-electron chi connectivity index (χ2n) is 4.35. The highest BCUT2D eigenvalue weighted by molar-refractivity contribution is 5.75. The molecule has 0 aliphatic carbocycles. The van der Waals surface area contributed by atoms with Crippen molar-refractivity contribution in [2.75, 3.05) is 11.9 Å². The van der Waals surface area contributed by atoms with E-state index in [2.05, 4.69) is 5.32 Å². The predicted octanol–water partition coefficient (Wildman–Crippen LogP) is 2.44. The van der Waals surface area contributed by atoms with Crippen LogP contribution in [-0.4, -0.2) is 12.5 Å². The van der Waals surface area contributed by atoms with Crippen molar-refractivity contribution < 1.29 is 18.3 Å². The van der Waals surface area contributed by atoms with Crippen LogP contribution in [-0.2, 0) is 11.3 Å². The van der Waals surface area contributed by atoms with Crippen LogP contribution in [0.1, 0.15) is 5.56 Å². The Labute approximate surface area is 120 Å². The van der Waals surface area contributed by atoms with E-state index in [1.807, 2.05) is 0 Å². The van der Waals surface area contributed by atoms with Crippen molar-refractivity contribution in [2.24, 2.45) is 5.73 Å². The number of halogens is 2. The van der Waals surface area contributed by atoms with E-state index in [0.717, 1.165) is 11.6 Å². The molecule has 2 aromatic carbocycles. The van der Waals surface area contributed by atoms with Crippen molar-refractivity contribution in [3.8, 4) is 5.75 Å². The Morgan fingerprint density at radius 2 is 1.86 bits per heavy atom. The summed E-state index contributed by atoms with van der Waals surface area (Å²) in [6.45, 7) is 0.141. The van der Waals surface area contributed by atoms with Gasteiger partial charge >= 0.3 is 0 Å². The van der Waals surface area contributed by atoms with Gasteiger partial charge in [-0.05, 0) is 29.8 Å². The molecule has 2 rings (SSSR count). The maximum absolute atomic E-state index is 13.4. The van der Waals surface area contributed by atoms with Gasteiger partial charge in [0.15, 0.2) is 18.2 Å². The normalized spacial score (nSPS) is 10.2. The number of carbonyl (C=O) groups excluding carboxylic acids is 1. The van der Waals surface area contributed by atoms with Gasteiger partial charge in [-0.25, -0.2) is 8.78 Å². The monoisotopic (exact) mass is 292 g/mol. The fourth-order valence-electron chi connectivity index (χ4n) is 1.70. The van der Waals surface area contributed by atoms with Gasteiger partial charge in [-0.3, -0.25) is 4.79 Å². The molecule has 0 heterocycles. The molecule has 0 saturated carbocycles. The van der Waals surface area contributed by atoms with E-state index < -0.39 is 17.5 Å². The molecule has 21 heavy (non-hydrogen) atoms. The van der Waals surface area contributed by atoms with Crippen molar-refractivity contribution >= 4 is 11.6 Å². The number of ether oxygens (including phenoxy) is 1. The molecular weight excluding hydrogens is 278 g/mol. The van der Waals surface area contributed by atoms with Crippen LogP contribution >= 0.6 is 0 Å². The Morgan fingerprint density at radius 1 is 1.14 bits per heavy atom. The fourth-order valence-corrected chi connectivity index (χ4v) is 1.70. The van der Waals surface area contributed by atoms with Gasteiger partial charge in [0, 0.05) is 6.54 Å². The van der Waals surface area contributed by atoms with Crippen LogP contribution in [0.2, 0.25) is 0 Å². The van der Waals surface area contributed by atoms with E-state index in [1.54, 1.807) is 24.3 Å². The van der Waals surface area contributed by atoms with Crippen molar-refractivity contribution in [2.45, 2.75) is 6.54 Å². The number of anilines is 1. The minimum atomic E-state index is -0.904. The van der Waals surface area contributed by atoms with Crippen LogP contribution in [0.4, 0.5) is 14.5 Å². The van der Waals surface area contributed by atoms with Gasteiger partial charge in [-0.1, -0.05) is 18.2 Å². The summed E-state index contributed by atoms with van der Waals surface area (Å²) in [5.74, 6) is -1.84. The summed E-state index contributed by atoms with van der Waals surface area (Å²) in [6, 6.07) is 10.8. The number of rotatable bonds is 6. The van der Waals surface area contributed by atoms with Crippen molar-refractivity contribution in [1.29, 1.82) is 0 Å². The molecule has 0 bridgehead atoms. The highest BCUT2D eigenvalue weighted by atomic mass is 19.2. The quantitative estimate of drug-likeness (QED) is 0.859. The molecule has 6 heteroatoms. The summed E-state index contributed by atoms with van der Waals surface area (Å²) in [6.07, 6.45) is 0. The zero-order valence-corrected chi connectivity index (χ0v) is 11.1. The van der Waals surface area contributed by atoms with Gasteiger partial charge in [0.25, 0.3) is 5.91 Å². The van der Waals surface area contributed by atoms with Crippen molar-refractivity contribution in [3.63, 3.8) is 0 Å². The fraction of sp³-hybridized carbons (Fsp3) is 0.133. The third-order valence-electron chi connectivity index (χ3n) is 2.74. The Balaban J connectivity index is 1.94. The predicted molar refractivity (Wildman–Crippen MR) is 74.8 cm³/mol. The second-order valence-corrected chi connectivity index (χ2v) is 4.35. The first-order valence-corrected chi connectivity index (χ1v) is 6.24. The van der Waals surface area contributed by atoms with E-state index in [-0.39, 0.29) is 12.3 Å². The number of hydrogen-bond donors (Lipinski definition) is 2. The zero-order valence-electron chi connectivity index (χ0n) is 11.1. The van der Waals surface area contributed by atoms with Gasteiger partial charge in [0.05, 0.1) is 5.69 Å². The van der Waals surface area contributed by atoms with Gasteiger partial charge in [-0.15, -0.1) is 0 Å². The molecule has 110 valence electrons. The molecule has 0 unspecified atom stereocenters. The van der Waals surface area contributed by atoms with Crippen LogP contribution in [0.5, 0.6) is 5.75 Å². The van der Waals surface area contributed by atoms with E-state index in [4.69, 9.17) is 10.5 Å². The maximum atomic E-state index is 13.4. The number of primary amides is 1. The largest absolute Gasteiger partial charge is 0.484 e. The molecule has 4 nitrogen and oxygen atoms in total. The van der Waals surface area contributed by atoms with Crippen LogP contribution < -0.4 is 15.8 Å². The molecular formula is C15H14F2N2O2. The first-order chi connectivity index (χ1) is 10.1. The first-order valence-electron chi connectivity index (χ1n) is 6.24. The summed E-state index contributed by atoms with van der Waals surface area (Å²) >= 11 is 0. The third-order valence-corrected chi connectivity index (χ3v) is 2.74. The molecule has 0 aliphatic rings. The highest BCUT2D eigenvalue weighted by Crippen LogP contribution is 2.18. The third kappa shape index (κ3) is 4.17. The lowest BCUT2D eigenvalue weighted by molar-refractivity contribution is -0.119. The smallest absolute Gasteiger partial charge is 0.255 e. The highest BCUT2D eigenvalue weighted by Gasteiger charge is 2.06. The standard InChI is InChI=1S/C15H14F2N2O2/c16-12-2-1-3-13(15(12)17)19-8-10-4-6-11(7-5-10)21-9-14(18)20/h1-7,19H,8-9H2,(H2,18,20). The SMILES string of the molecule is NC(=O)COc1ccc(CNc2cccc(F)c2F)cc1. The zero-order chi connectivity index (χ0) is 15.2. The second kappa shape index (κ2) is 6.69. The minimum absolute atomic E-state index is 0.101. The Bertz CT molecular complexity index is 630. The van der Waals surface area contributed by atoms with Crippen LogP contribution in [0.25, 0.3) is 0 Å². The van der Waals surface area contributed by atoms with Crippen LogP contribution in [0.3, 0.4) is 0 Å². The number of nitrogens with one attached hydrogen (secondary N) is 1. The molecule has 0 saturated heterocycles. The van der Waals surface area contributed by atoms with E-state index in [0.29, 0.717) is 12.3 Å². The average Bonchev–Trinajstić information content (AvgIpc) is 2.48. The summed E-state index contributed by atoms with van der Waals surface area (Å²) in [7, 11) is 0. The van der Waals surface area contributed by atoms with Crippen molar-refractivity contribution in [1.82, 2.24) is 0 Å². The molecule has 0 atom stereocenters. The molecule has 1 amide bonds. The Hall–Kier alpha value is -2.63. The van der Waals surface area contributed by atoms with E-state index >= 15 is 0 Å². The summed E-state index contributed by atoms with van der Waals surface area (Å²) in [5, 5.41) is 2.81. The molecule has 0 aliphatic heterocycles.